The fraction of sp³-hybridized carbons (Fsp3) is 0.350. The highest BCUT2D eigenvalue weighted by Gasteiger charge is 2.16. The maximum Gasteiger partial charge on any atom is 0.271 e. The van der Waals surface area contributed by atoms with Crippen LogP contribution in [-0.2, 0) is 22.7 Å². The van der Waals surface area contributed by atoms with Crippen molar-refractivity contribution in [2.75, 3.05) is 19.6 Å². The summed E-state index contributed by atoms with van der Waals surface area (Å²) < 4.78 is 5.27. The molecule has 0 atom stereocenters. The Hall–Kier alpha value is -3.69. The molecule has 15 heteroatoms. The number of carbonyl (C=O) groups is 4. The Morgan fingerprint density at radius 1 is 0.943 bits per heavy atom. The largest absolute Gasteiger partial charge is 0.446 e. The highest BCUT2D eigenvalue weighted by atomic mass is 32.1. The zero-order valence-corrected chi connectivity index (χ0v) is 20.4. The zero-order chi connectivity index (χ0) is 25.2. The first-order chi connectivity index (χ1) is 16.9. The normalized spacial score (nSPS) is 10.6. The van der Waals surface area contributed by atoms with E-state index in [0.717, 1.165) is 0 Å². The Balaban J connectivity index is 1.42. The number of carbonyl (C=O) groups excluding carboxylic acids is 4. The molecule has 0 bridgehead atoms. The molecule has 0 spiro atoms. The number of nitrogens with zero attached hydrogens (tertiary/aromatic N) is 3. The quantitative estimate of drug-likeness (QED) is 0.205. The monoisotopic (exact) mass is 520 g/mol. The molecule has 0 saturated heterocycles. The van der Waals surface area contributed by atoms with Crippen LogP contribution >= 0.6 is 22.7 Å². The molecule has 3 aromatic heterocycles. The smallest absolute Gasteiger partial charge is 0.271 e. The van der Waals surface area contributed by atoms with Crippen molar-refractivity contribution in [2.24, 2.45) is 5.73 Å². The Labute approximate surface area is 207 Å². The third-order valence-corrected chi connectivity index (χ3v) is 6.01. The lowest BCUT2D eigenvalue weighted by atomic mass is 10.4. The molecule has 0 unspecified atom stereocenters. The summed E-state index contributed by atoms with van der Waals surface area (Å²) >= 11 is 2.44. The Morgan fingerprint density at radius 2 is 1.69 bits per heavy atom. The second-order valence-electron chi connectivity index (χ2n) is 7.06. The van der Waals surface area contributed by atoms with Crippen molar-refractivity contribution in [1.82, 2.24) is 36.2 Å². The predicted octanol–water partition coefficient (Wildman–Crippen LogP) is 0.0155. The van der Waals surface area contributed by atoms with Crippen LogP contribution in [0.2, 0.25) is 0 Å². The lowest BCUT2D eigenvalue weighted by Crippen LogP contribution is -2.36. The highest BCUT2D eigenvalue weighted by molar-refractivity contribution is 7.13. The van der Waals surface area contributed by atoms with E-state index < -0.39 is 11.8 Å². The van der Waals surface area contributed by atoms with Crippen LogP contribution in [0.5, 0.6) is 0 Å². The molecule has 0 aliphatic rings. The maximum absolute atomic E-state index is 12.3. The van der Waals surface area contributed by atoms with Crippen LogP contribution in [0.1, 0.15) is 45.2 Å². The predicted molar refractivity (Wildman–Crippen MR) is 127 cm³/mol. The molecule has 186 valence electrons. The molecule has 0 saturated carbocycles. The van der Waals surface area contributed by atoms with Gasteiger partial charge in [0.15, 0.2) is 0 Å². The number of rotatable bonds is 12. The summed E-state index contributed by atoms with van der Waals surface area (Å²) in [4.78, 5) is 60.0. The van der Waals surface area contributed by atoms with Gasteiger partial charge >= 0.3 is 0 Å². The Morgan fingerprint density at radius 3 is 2.46 bits per heavy atom. The lowest BCUT2D eigenvalue weighted by Gasteiger charge is -2.04. The SMILES string of the molecule is CC(=O)NCc1nc(-c2nc(C(=O)NCC(=O)NCc3nc(C(=O)NCCCN)cs3)cs2)co1. The molecule has 4 amide bonds. The van der Waals surface area contributed by atoms with Crippen LogP contribution in [-0.4, -0.2) is 58.2 Å². The van der Waals surface area contributed by atoms with Crippen molar-refractivity contribution in [3.8, 4) is 10.7 Å². The second kappa shape index (κ2) is 12.7. The first-order valence-corrected chi connectivity index (χ1v) is 12.2. The van der Waals surface area contributed by atoms with Crippen LogP contribution in [0.4, 0.5) is 0 Å². The molecular weight excluding hydrogens is 496 g/mol. The summed E-state index contributed by atoms with van der Waals surface area (Å²) in [7, 11) is 0. The van der Waals surface area contributed by atoms with Gasteiger partial charge in [-0.15, -0.1) is 22.7 Å². The van der Waals surface area contributed by atoms with Gasteiger partial charge in [-0.05, 0) is 13.0 Å². The van der Waals surface area contributed by atoms with Gasteiger partial charge in [-0.3, -0.25) is 19.2 Å². The van der Waals surface area contributed by atoms with Gasteiger partial charge in [0, 0.05) is 24.2 Å². The van der Waals surface area contributed by atoms with Crippen molar-refractivity contribution in [1.29, 1.82) is 0 Å². The van der Waals surface area contributed by atoms with E-state index in [1.165, 1.54) is 35.9 Å². The molecule has 0 aromatic carbocycles. The minimum atomic E-state index is -0.518. The van der Waals surface area contributed by atoms with E-state index >= 15 is 0 Å². The first kappa shape index (κ1) is 25.9. The fourth-order valence-electron chi connectivity index (χ4n) is 2.56. The molecule has 35 heavy (non-hydrogen) atoms. The number of nitrogens with one attached hydrogen (secondary N) is 4. The van der Waals surface area contributed by atoms with Crippen molar-refractivity contribution in [2.45, 2.75) is 26.4 Å². The van der Waals surface area contributed by atoms with Crippen LogP contribution in [0.3, 0.4) is 0 Å². The molecule has 3 heterocycles. The third kappa shape index (κ3) is 7.94. The molecule has 3 aromatic rings. The van der Waals surface area contributed by atoms with E-state index in [1.807, 2.05) is 0 Å². The number of nitrogens with two attached hydrogens (primary N) is 1. The Bertz CT molecular complexity index is 1190. The van der Waals surface area contributed by atoms with E-state index in [2.05, 4.69) is 36.2 Å². The van der Waals surface area contributed by atoms with E-state index in [4.69, 9.17) is 10.2 Å². The van der Waals surface area contributed by atoms with E-state index in [1.54, 1.807) is 10.8 Å². The number of oxazole rings is 1. The lowest BCUT2D eigenvalue weighted by molar-refractivity contribution is -0.120. The number of thiazole rings is 2. The molecule has 0 radical (unpaired) electrons. The molecule has 0 aliphatic heterocycles. The average molecular weight is 521 g/mol. The van der Waals surface area contributed by atoms with Crippen LogP contribution in [0.15, 0.2) is 21.4 Å². The summed E-state index contributed by atoms with van der Waals surface area (Å²) in [5.41, 5.74) is 6.24. The van der Waals surface area contributed by atoms with Crippen molar-refractivity contribution in [3.63, 3.8) is 0 Å². The molecule has 6 N–H and O–H groups in total. The molecule has 0 aliphatic carbocycles. The van der Waals surface area contributed by atoms with Crippen molar-refractivity contribution < 1.29 is 23.6 Å². The van der Waals surface area contributed by atoms with E-state index in [0.29, 0.717) is 41.1 Å². The van der Waals surface area contributed by atoms with Gasteiger partial charge in [0.2, 0.25) is 17.7 Å². The number of hydrogen-bond acceptors (Lipinski definition) is 11. The zero-order valence-electron chi connectivity index (χ0n) is 18.8. The molecule has 3 rings (SSSR count). The van der Waals surface area contributed by atoms with E-state index in [-0.39, 0.29) is 42.8 Å². The Kier molecular flexibility index (Phi) is 9.39. The minimum absolute atomic E-state index is 0.128. The van der Waals surface area contributed by atoms with Gasteiger partial charge in [0.05, 0.1) is 19.6 Å². The van der Waals surface area contributed by atoms with Gasteiger partial charge in [-0.2, -0.15) is 0 Å². The van der Waals surface area contributed by atoms with Gasteiger partial charge in [-0.1, -0.05) is 0 Å². The summed E-state index contributed by atoms with van der Waals surface area (Å²) in [6, 6.07) is 0. The topological polar surface area (TPSA) is 194 Å². The van der Waals surface area contributed by atoms with Crippen LogP contribution in [0.25, 0.3) is 10.7 Å². The fourth-order valence-corrected chi connectivity index (χ4v) is 4.03. The second-order valence-corrected chi connectivity index (χ2v) is 8.86. The summed E-state index contributed by atoms with van der Waals surface area (Å²) in [6.45, 7) is 2.36. The summed E-state index contributed by atoms with van der Waals surface area (Å²) in [6.07, 6.45) is 2.06. The average Bonchev–Trinajstić information content (AvgIpc) is 3.60. The molecular formula is C20H24N8O5S2. The number of aromatic nitrogens is 3. The maximum atomic E-state index is 12.3. The standard InChI is InChI=1S/C20H24N8O5S2/c1-11(29)23-6-16-26-12(8-33-16)20-28-14(10-35-20)19(32)25-5-15(30)24-7-17-27-13(9-34-17)18(31)22-4-2-3-21/h8-10H,2-7,21H2,1H3,(H,22,31)(H,23,29)(H,24,30)(H,25,32). The van der Waals surface area contributed by atoms with Gasteiger partial charge < -0.3 is 31.4 Å². The highest BCUT2D eigenvalue weighted by Crippen LogP contribution is 2.23. The number of hydrogen-bond donors (Lipinski definition) is 5. The van der Waals surface area contributed by atoms with Gasteiger partial charge in [0.1, 0.15) is 33.4 Å². The first-order valence-electron chi connectivity index (χ1n) is 10.5. The number of amides is 4. The summed E-state index contributed by atoms with van der Waals surface area (Å²) in [5.74, 6) is -1.13. The van der Waals surface area contributed by atoms with Gasteiger partial charge in [-0.25, -0.2) is 15.0 Å². The van der Waals surface area contributed by atoms with Crippen molar-refractivity contribution >= 4 is 46.3 Å². The van der Waals surface area contributed by atoms with Crippen molar-refractivity contribution in [3.05, 3.63) is 39.3 Å². The van der Waals surface area contributed by atoms with Crippen LogP contribution < -0.4 is 27.0 Å². The minimum Gasteiger partial charge on any atom is -0.446 e. The third-order valence-electron chi connectivity index (χ3n) is 4.29. The van der Waals surface area contributed by atoms with Gasteiger partial charge in [0.25, 0.3) is 11.8 Å². The summed E-state index contributed by atoms with van der Waals surface area (Å²) in [5, 5.41) is 14.6. The van der Waals surface area contributed by atoms with E-state index in [9.17, 15) is 19.2 Å². The molecule has 13 nitrogen and oxygen atoms in total. The van der Waals surface area contributed by atoms with Crippen LogP contribution in [0, 0.1) is 0 Å². The molecule has 0 fully saturated rings.